The second-order valence-corrected chi connectivity index (χ2v) is 8.27. The molecule has 6 nitrogen and oxygen atoms in total. The third-order valence-corrected chi connectivity index (χ3v) is 5.27. The maximum Gasteiger partial charge on any atom is 0.276 e. The summed E-state index contributed by atoms with van der Waals surface area (Å²) in [7, 11) is 0. The number of hydrogen-bond donors (Lipinski definition) is 3. The highest BCUT2D eigenvalue weighted by molar-refractivity contribution is 9.10. The van der Waals surface area contributed by atoms with Crippen LogP contribution >= 0.6 is 28.1 Å². The Morgan fingerprint density at radius 1 is 0.938 bits per heavy atom. The first-order valence-electron chi connectivity index (χ1n) is 9.82. The fourth-order valence-electron chi connectivity index (χ4n) is 3.08. The van der Waals surface area contributed by atoms with Crippen LogP contribution in [0, 0.1) is 6.92 Å². The van der Waals surface area contributed by atoms with Gasteiger partial charge in [0.1, 0.15) is 5.75 Å². The first-order valence-corrected chi connectivity index (χ1v) is 11.0. The van der Waals surface area contributed by atoms with Crippen LogP contribution in [0.4, 0.5) is 0 Å². The zero-order chi connectivity index (χ0) is 22.9. The van der Waals surface area contributed by atoms with Crippen molar-refractivity contribution >= 4 is 45.1 Å². The molecule has 0 heterocycles. The number of hydrazine groups is 1. The molecule has 32 heavy (non-hydrogen) atoms. The minimum atomic E-state index is -0.545. The molecule has 0 unspecified atom stereocenters. The SMILES string of the molecule is Cc1cc(Br)ccc1OCC(=O)NNC(=S)NC(=O)C(c1ccccc1)c1ccccc1. The zero-order valence-corrected chi connectivity index (χ0v) is 19.7. The Hall–Kier alpha value is -3.23. The van der Waals surface area contributed by atoms with Gasteiger partial charge in [-0.15, -0.1) is 0 Å². The Kier molecular flexibility index (Phi) is 8.35. The summed E-state index contributed by atoms with van der Waals surface area (Å²) in [5.41, 5.74) is 7.54. The first-order chi connectivity index (χ1) is 15.4. The van der Waals surface area contributed by atoms with Gasteiger partial charge in [-0.2, -0.15) is 0 Å². The molecule has 3 rings (SSSR count). The van der Waals surface area contributed by atoms with Gasteiger partial charge in [0.05, 0.1) is 5.92 Å². The number of halogens is 1. The van der Waals surface area contributed by atoms with E-state index in [4.69, 9.17) is 17.0 Å². The van der Waals surface area contributed by atoms with Crippen molar-refractivity contribution in [2.24, 2.45) is 0 Å². The molecule has 164 valence electrons. The van der Waals surface area contributed by atoms with Gasteiger partial charge in [0.25, 0.3) is 5.91 Å². The van der Waals surface area contributed by atoms with Gasteiger partial charge in [-0.1, -0.05) is 76.6 Å². The molecular formula is C24H22BrN3O3S. The minimum Gasteiger partial charge on any atom is -0.483 e. The normalized spacial score (nSPS) is 10.3. The van der Waals surface area contributed by atoms with Gasteiger partial charge < -0.3 is 10.1 Å². The van der Waals surface area contributed by atoms with Crippen LogP contribution in [-0.2, 0) is 9.59 Å². The number of ether oxygens (including phenoxy) is 1. The standard InChI is InChI=1S/C24H22BrN3O3S/c1-16-14-19(25)12-13-20(16)31-15-21(29)27-28-24(32)26-23(30)22(17-8-4-2-5-9-17)18-10-6-3-7-11-18/h2-14,22H,15H2,1H3,(H,27,29)(H2,26,28,30,32). The molecule has 0 saturated carbocycles. The van der Waals surface area contributed by atoms with E-state index >= 15 is 0 Å². The molecule has 0 aromatic heterocycles. The van der Waals surface area contributed by atoms with Gasteiger partial charge in [-0.05, 0) is 54.0 Å². The minimum absolute atomic E-state index is 0.0139. The summed E-state index contributed by atoms with van der Waals surface area (Å²) in [5, 5.41) is 2.63. The van der Waals surface area contributed by atoms with E-state index in [0.717, 1.165) is 21.2 Å². The Balaban J connectivity index is 1.54. The quantitative estimate of drug-likeness (QED) is 0.344. The third-order valence-electron chi connectivity index (χ3n) is 4.58. The van der Waals surface area contributed by atoms with Crippen molar-refractivity contribution < 1.29 is 14.3 Å². The molecule has 3 aromatic rings. The van der Waals surface area contributed by atoms with Crippen molar-refractivity contribution in [2.75, 3.05) is 6.61 Å². The lowest BCUT2D eigenvalue weighted by atomic mass is 9.90. The van der Waals surface area contributed by atoms with Crippen molar-refractivity contribution in [1.82, 2.24) is 16.2 Å². The molecule has 0 radical (unpaired) electrons. The number of rotatable bonds is 6. The number of hydrogen-bond acceptors (Lipinski definition) is 4. The maximum atomic E-state index is 13.0. The fraction of sp³-hybridized carbons (Fsp3) is 0.125. The predicted octanol–water partition coefficient (Wildman–Crippen LogP) is 3.99. The molecule has 0 aliphatic rings. The first kappa shape index (κ1) is 23.4. The molecule has 0 fully saturated rings. The molecule has 0 saturated heterocycles. The Morgan fingerprint density at radius 3 is 2.09 bits per heavy atom. The van der Waals surface area contributed by atoms with Crippen molar-refractivity contribution in [3.05, 3.63) is 100 Å². The lowest BCUT2D eigenvalue weighted by molar-refractivity contribution is -0.124. The van der Waals surface area contributed by atoms with Crippen molar-refractivity contribution in [2.45, 2.75) is 12.8 Å². The van der Waals surface area contributed by atoms with E-state index in [2.05, 4.69) is 32.1 Å². The Morgan fingerprint density at radius 2 is 1.53 bits per heavy atom. The predicted molar refractivity (Wildman–Crippen MR) is 131 cm³/mol. The number of nitrogens with one attached hydrogen (secondary N) is 3. The number of carbonyl (C=O) groups is 2. The van der Waals surface area contributed by atoms with Crippen molar-refractivity contribution in [1.29, 1.82) is 0 Å². The third kappa shape index (κ3) is 6.63. The lowest BCUT2D eigenvalue weighted by Gasteiger charge is -2.19. The summed E-state index contributed by atoms with van der Waals surface area (Å²) < 4.78 is 6.45. The van der Waals surface area contributed by atoms with E-state index in [0.29, 0.717) is 5.75 Å². The average Bonchev–Trinajstić information content (AvgIpc) is 2.79. The summed E-state index contributed by atoms with van der Waals surface area (Å²) in [6.45, 7) is 1.68. The molecule has 0 atom stereocenters. The molecule has 3 aromatic carbocycles. The number of carbonyl (C=O) groups excluding carboxylic acids is 2. The fourth-order valence-corrected chi connectivity index (χ4v) is 3.71. The van der Waals surface area contributed by atoms with Crippen LogP contribution < -0.4 is 20.9 Å². The highest BCUT2D eigenvalue weighted by atomic mass is 79.9. The second-order valence-electron chi connectivity index (χ2n) is 6.94. The molecule has 8 heteroatoms. The summed E-state index contributed by atoms with van der Waals surface area (Å²) in [4.78, 5) is 25.1. The van der Waals surface area contributed by atoms with Gasteiger partial charge in [0, 0.05) is 4.47 Å². The van der Waals surface area contributed by atoms with Gasteiger partial charge in [0.2, 0.25) is 5.91 Å². The van der Waals surface area contributed by atoms with E-state index in [1.165, 1.54) is 0 Å². The van der Waals surface area contributed by atoms with Crippen LogP contribution in [0.1, 0.15) is 22.6 Å². The smallest absolute Gasteiger partial charge is 0.276 e. The summed E-state index contributed by atoms with van der Waals surface area (Å²) >= 11 is 8.56. The molecular weight excluding hydrogens is 490 g/mol. The van der Waals surface area contributed by atoms with Crippen LogP contribution in [0.5, 0.6) is 5.75 Å². The van der Waals surface area contributed by atoms with Crippen LogP contribution in [-0.4, -0.2) is 23.5 Å². The number of thiocarbonyl (C=S) groups is 1. The largest absolute Gasteiger partial charge is 0.483 e. The second kappa shape index (κ2) is 11.4. The molecule has 3 N–H and O–H groups in total. The van der Waals surface area contributed by atoms with Crippen LogP contribution in [0.15, 0.2) is 83.3 Å². The van der Waals surface area contributed by atoms with Gasteiger partial charge in [0.15, 0.2) is 11.7 Å². The number of benzene rings is 3. The van der Waals surface area contributed by atoms with E-state index in [-0.39, 0.29) is 17.6 Å². The lowest BCUT2D eigenvalue weighted by Crippen LogP contribution is -2.50. The summed E-state index contributed by atoms with van der Waals surface area (Å²) in [6.07, 6.45) is 0. The van der Waals surface area contributed by atoms with Crippen LogP contribution in [0.25, 0.3) is 0 Å². The van der Waals surface area contributed by atoms with E-state index in [1.54, 1.807) is 6.07 Å². The van der Waals surface area contributed by atoms with Crippen LogP contribution in [0.2, 0.25) is 0 Å². The highest BCUT2D eigenvalue weighted by Gasteiger charge is 2.23. The molecule has 0 aliphatic carbocycles. The molecule has 0 aliphatic heterocycles. The van der Waals surface area contributed by atoms with E-state index < -0.39 is 11.8 Å². The average molecular weight is 512 g/mol. The zero-order valence-electron chi connectivity index (χ0n) is 17.3. The van der Waals surface area contributed by atoms with Gasteiger partial charge >= 0.3 is 0 Å². The van der Waals surface area contributed by atoms with E-state index in [1.807, 2.05) is 79.7 Å². The van der Waals surface area contributed by atoms with Gasteiger partial charge in [-0.3, -0.25) is 20.4 Å². The van der Waals surface area contributed by atoms with Crippen LogP contribution in [0.3, 0.4) is 0 Å². The maximum absolute atomic E-state index is 13.0. The number of amides is 2. The van der Waals surface area contributed by atoms with Crippen molar-refractivity contribution in [3.8, 4) is 5.75 Å². The number of aryl methyl sites for hydroxylation is 1. The van der Waals surface area contributed by atoms with Crippen molar-refractivity contribution in [3.63, 3.8) is 0 Å². The van der Waals surface area contributed by atoms with Gasteiger partial charge in [-0.25, -0.2) is 0 Å². The summed E-state index contributed by atoms with van der Waals surface area (Å²) in [6, 6.07) is 24.3. The highest BCUT2D eigenvalue weighted by Crippen LogP contribution is 2.24. The summed E-state index contributed by atoms with van der Waals surface area (Å²) in [5.74, 6) is -0.688. The molecule has 2 amide bonds. The monoisotopic (exact) mass is 511 g/mol. The Labute approximate surface area is 200 Å². The topological polar surface area (TPSA) is 79.5 Å². The molecule has 0 bridgehead atoms. The Bertz CT molecular complexity index is 1050. The molecule has 0 spiro atoms. The van der Waals surface area contributed by atoms with E-state index in [9.17, 15) is 9.59 Å².